The van der Waals surface area contributed by atoms with E-state index in [0.29, 0.717) is 30.8 Å². The van der Waals surface area contributed by atoms with Gasteiger partial charge < -0.3 is 14.9 Å². The van der Waals surface area contributed by atoms with Crippen molar-refractivity contribution >= 4 is 0 Å². The topological polar surface area (TPSA) is 65.0 Å². The molecule has 0 radical (unpaired) electrons. The molecular formula is C17H16FN3O2. The maximum absolute atomic E-state index is 13.5. The van der Waals surface area contributed by atoms with Gasteiger partial charge in [-0.15, -0.1) is 0 Å². The highest BCUT2D eigenvalue weighted by Crippen LogP contribution is 2.10. The van der Waals surface area contributed by atoms with Gasteiger partial charge in [-0.3, -0.25) is 0 Å². The third kappa shape index (κ3) is 3.54. The normalized spacial score (nSPS) is 10.8. The Bertz CT molecular complexity index is 775. The zero-order chi connectivity index (χ0) is 16.1. The zero-order valence-corrected chi connectivity index (χ0v) is 12.4. The summed E-state index contributed by atoms with van der Waals surface area (Å²) < 4.78 is 19.7. The Hall–Kier alpha value is -2.73. The van der Waals surface area contributed by atoms with Gasteiger partial charge in [0.15, 0.2) is 5.95 Å². The summed E-state index contributed by atoms with van der Waals surface area (Å²) in [6.45, 7) is 0.839. The number of para-hydroxylation sites is 1. The maximum atomic E-state index is 13.5. The Kier molecular flexibility index (Phi) is 4.63. The lowest BCUT2D eigenvalue weighted by atomic mass is 10.1. The minimum Gasteiger partial charge on any atom is -0.539 e. The minimum atomic E-state index is -0.479. The fourth-order valence-corrected chi connectivity index (χ4v) is 2.32. The molecule has 23 heavy (non-hydrogen) atoms. The molecule has 3 aromatic rings. The van der Waals surface area contributed by atoms with Crippen LogP contribution in [0.4, 0.5) is 4.39 Å². The monoisotopic (exact) mass is 313 g/mol. The first kappa shape index (κ1) is 15.2. The van der Waals surface area contributed by atoms with Gasteiger partial charge in [0.05, 0.1) is 11.8 Å². The van der Waals surface area contributed by atoms with Gasteiger partial charge >= 0.3 is 0 Å². The number of hydrogen-bond acceptors (Lipinski definition) is 4. The Labute approximate surface area is 133 Å². The Morgan fingerprint density at radius 2 is 1.83 bits per heavy atom. The summed E-state index contributed by atoms with van der Waals surface area (Å²) in [5.74, 6) is -0.699. The molecule has 0 aliphatic rings. The van der Waals surface area contributed by atoms with Crippen LogP contribution in [-0.2, 0) is 13.0 Å². The molecule has 2 aromatic carbocycles. The van der Waals surface area contributed by atoms with Crippen LogP contribution in [0.5, 0.6) is 5.95 Å². The van der Waals surface area contributed by atoms with Crippen molar-refractivity contribution in [3.63, 3.8) is 0 Å². The number of benzene rings is 2. The first-order valence-electron chi connectivity index (χ1n) is 7.33. The summed E-state index contributed by atoms with van der Waals surface area (Å²) in [5, 5.41) is 18.7. The lowest BCUT2D eigenvalue weighted by molar-refractivity contribution is -0.677. The number of rotatable bonds is 6. The summed E-state index contributed by atoms with van der Waals surface area (Å²) in [6, 6.07) is 15.9. The smallest absolute Gasteiger partial charge is 0.253 e. The predicted molar refractivity (Wildman–Crippen MR) is 79.3 cm³/mol. The molecule has 0 unspecified atom stereocenters. The average Bonchev–Trinajstić information content (AvgIpc) is 2.95. The summed E-state index contributed by atoms with van der Waals surface area (Å²) >= 11 is 0. The van der Waals surface area contributed by atoms with Gasteiger partial charge in [-0.05, 0) is 29.3 Å². The van der Waals surface area contributed by atoms with Gasteiger partial charge in [-0.25, -0.2) is 4.39 Å². The SMILES string of the molecule is [O-]c1on[n+](-c2ccccc2)c1CNCCc1ccccc1F. The molecule has 5 nitrogen and oxygen atoms in total. The van der Waals surface area contributed by atoms with Crippen LogP contribution >= 0.6 is 0 Å². The quantitative estimate of drug-likeness (QED) is 0.553. The molecular weight excluding hydrogens is 297 g/mol. The fourth-order valence-electron chi connectivity index (χ4n) is 2.32. The first-order chi connectivity index (χ1) is 11.3. The standard InChI is InChI=1S/C17H16FN3O2/c18-15-9-5-4-6-13(15)10-11-19-12-16-17(22)23-20-21(16)14-7-2-1-3-8-14/h1-9,19H,10-12H2. The van der Waals surface area contributed by atoms with E-state index in [1.807, 2.05) is 30.3 Å². The maximum Gasteiger partial charge on any atom is 0.253 e. The van der Waals surface area contributed by atoms with Crippen molar-refractivity contribution in [1.82, 2.24) is 10.6 Å². The van der Waals surface area contributed by atoms with Crippen molar-refractivity contribution in [2.24, 2.45) is 0 Å². The molecule has 0 aliphatic carbocycles. The van der Waals surface area contributed by atoms with Crippen LogP contribution in [0.2, 0.25) is 0 Å². The summed E-state index contributed by atoms with van der Waals surface area (Å²) in [5.41, 5.74) is 1.80. The second kappa shape index (κ2) is 7.02. The number of hydrogen-bond donors (Lipinski definition) is 1. The molecule has 118 valence electrons. The molecule has 0 bridgehead atoms. The van der Waals surface area contributed by atoms with Crippen molar-refractivity contribution in [3.8, 4) is 11.6 Å². The highest BCUT2D eigenvalue weighted by atomic mass is 19.1. The van der Waals surface area contributed by atoms with Crippen LogP contribution in [-0.4, -0.2) is 11.8 Å². The van der Waals surface area contributed by atoms with Crippen LogP contribution in [0.1, 0.15) is 11.3 Å². The van der Waals surface area contributed by atoms with E-state index in [-0.39, 0.29) is 5.82 Å². The van der Waals surface area contributed by atoms with Gasteiger partial charge in [0.2, 0.25) is 5.69 Å². The van der Waals surface area contributed by atoms with Gasteiger partial charge in [0.1, 0.15) is 5.82 Å². The van der Waals surface area contributed by atoms with Crippen molar-refractivity contribution in [1.29, 1.82) is 0 Å². The molecule has 1 aromatic heterocycles. The van der Waals surface area contributed by atoms with E-state index in [9.17, 15) is 9.50 Å². The van der Waals surface area contributed by atoms with E-state index in [2.05, 4.69) is 10.6 Å². The van der Waals surface area contributed by atoms with Crippen LogP contribution in [0.3, 0.4) is 0 Å². The molecule has 3 rings (SSSR count). The predicted octanol–water partition coefficient (Wildman–Crippen LogP) is 1.50. The van der Waals surface area contributed by atoms with E-state index in [1.54, 1.807) is 18.2 Å². The summed E-state index contributed by atoms with van der Waals surface area (Å²) in [6.07, 6.45) is 0.539. The molecule has 0 saturated carbocycles. The number of halogens is 1. The van der Waals surface area contributed by atoms with Gasteiger partial charge in [-0.2, -0.15) is 0 Å². The molecule has 1 N–H and O–H groups in total. The van der Waals surface area contributed by atoms with Crippen molar-refractivity contribution < 1.29 is 18.7 Å². The highest BCUT2D eigenvalue weighted by Gasteiger charge is 2.19. The van der Waals surface area contributed by atoms with Crippen molar-refractivity contribution in [3.05, 3.63) is 71.7 Å². The van der Waals surface area contributed by atoms with Crippen LogP contribution in [0.15, 0.2) is 59.1 Å². The molecule has 0 aliphatic heterocycles. The van der Waals surface area contributed by atoms with Crippen LogP contribution in [0.25, 0.3) is 5.69 Å². The second-order valence-electron chi connectivity index (χ2n) is 5.07. The number of nitrogens with one attached hydrogen (secondary N) is 1. The molecule has 0 fully saturated rings. The van der Waals surface area contributed by atoms with E-state index in [4.69, 9.17) is 4.52 Å². The molecule has 0 atom stereocenters. The minimum absolute atomic E-state index is 0.219. The first-order valence-corrected chi connectivity index (χ1v) is 7.33. The van der Waals surface area contributed by atoms with Crippen molar-refractivity contribution in [2.45, 2.75) is 13.0 Å². The third-order valence-corrected chi connectivity index (χ3v) is 3.52. The largest absolute Gasteiger partial charge is 0.539 e. The summed E-state index contributed by atoms with van der Waals surface area (Å²) in [7, 11) is 0. The fraction of sp³-hybridized carbons (Fsp3) is 0.176. The number of nitrogens with zero attached hydrogens (tertiary/aromatic N) is 2. The van der Waals surface area contributed by atoms with Gasteiger partial charge in [0.25, 0.3) is 5.69 Å². The van der Waals surface area contributed by atoms with Crippen LogP contribution < -0.4 is 15.1 Å². The Morgan fingerprint density at radius 1 is 1.09 bits per heavy atom. The second-order valence-corrected chi connectivity index (χ2v) is 5.07. The number of aromatic nitrogens is 2. The van der Waals surface area contributed by atoms with E-state index in [1.165, 1.54) is 10.7 Å². The lowest BCUT2D eigenvalue weighted by Gasteiger charge is -2.04. The van der Waals surface area contributed by atoms with E-state index in [0.717, 1.165) is 5.69 Å². The Balaban J connectivity index is 1.63. The molecule has 0 spiro atoms. The van der Waals surface area contributed by atoms with Gasteiger partial charge in [0, 0.05) is 12.1 Å². The average molecular weight is 313 g/mol. The molecule has 6 heteroatoms. The summed E-state index contributed by atoms with van der Waals surface area (Å²) in [4.78, 5) is 0. The molecule has 1 heterocycles. The van der Waals surface area contributed by atoms with Gasteiger partial charge in [-0.1, -0.05) is 36.4 Å². The van der Waals surface area contributed by atoms with E-state index < -0.39 is 5.95 Å². The highest BCUT2D eigenvalue weighted by molar-refractivity contribution is 5.22. The lowest BCUT2D eigenvalue weighted by Crippen LogP contribution is -2.39. The zero-order valence-electron chi connectivity index (χ0n) is 12.4. The third-order valence-electron chi connectivity index (χ3n) is 3.52. The molecule has 0 saturated heterocycles. The van der Waals surface area contributed by atoms with E-state index >= 15 is 0 Å². The van der Waals surface area contributed by atoms with Crippen molar-refractivity contribution in [2.75, 3.05) is 6.54 Å². The van der Waals surface area contributed by atoms with Crippen LogP contribution in [0, 0.1) is 5.82 Å². The molecule has 0 amide bonds. The Morgan fingerprint density at radius 3 is 2.61 bits per heavy atom.